The van der Waals surface area contributed by atoms with Crippen LogP contribution >= 0.6 is 0 Å². The molecular weight excluding hydrogens is 261 g/mol. The normalized spacial score (nSPS) is 17.8. The van der Waals surface area contributed by atoms with Crippen molar-refractivity contribution in [3.05, 3.63) is 30.1 Å². The Labute approximate surface area is 116 Å². The largest absolute Gasteiger partial charge is 0.347 e. The van der Waals surface area contributed by atoms with Gasteiger partial charge in [-0.3, -0.25) is 9.59 Å². The van der Waals surface area contributed by atoms with Gasteiger partial charge in [0.05, 0.1) is 6.54 Å². The highest BCUT2D eigenvalue weighted by molar-refractivity contribution is 5.94. The van der Waals surface area contributed by atoms with E-state index in [4.69, 9.17) is 0 Å². The van der Waals surface area contributed by atoms with Gasteiger partial charge in [0, 0.05) is 18.2 Å². The molecule has 5 nitrogen and oxygen atoms in total. The zero-order chi connectivity index (χ0) is 14.4. The summed E-state index contributed by atoms with van der Waals surface area (Å²) < 4.78 is 12.9. The molecule has 1 atom stereocenters. The molecule has 1 aliphatic rings. The number of hydrogen-bond acceptors (Lipinski definition) is 3. The fourth-order valence-corrected chi connectivity index (χ4v) is 2.18. The lowest BCUT2D eigenvalue weighted by Gasteiger charge is -2.10. The predicted octanol–water partition coefficient (Wildman–Crippen LogP) is 1.02. The predicted molar refractivity (Wildman–Crippen MR) is 73.7 cm³/mol. The second kappa shape index (κ2) is 7.00. The van der Waals surface area contributed by atoms with E-state index >= 15 is 0 Å². The van der Waals surface area contributed by atoms with Crippen LogP contribution in [-0.2, 0) is 9.59 Å². The Hall–Kier alpha value is -1.95. The molecule has 2 amide bonds. The Bertz CT molecular complexity index is 487. The lowest BCUT2D eigenvalue weighted by atomic mass is 10.1. The average Bonchev–Trinajstić information content (AvgIpc) is 2.89. The van der Waals surface area contributed by atoms with Gasteiger partial charge in [0.25, 0.3) is 0 Å². The first-order valence-corrected chi connectivity index (χ1v) is 6.69. The Morgan fingerprint density at radius 3 is 2.90 bits per heavy atom. The maximum atomic E-state index is 12.9. The van der Waals surface area contributed by atoms with Crippen molar-refractivity contribution in [2.45, 2.75) is 25.3 Å². The SMILES string of the molecule is O=C(CC1CCCN1)NCC(=O)Nc1cccc(F)c1. The molecule has 1 aliphatic heterocycles. The van der Waals surface area contributed by atoms with Crippen molar-refractivity contribution in [2.24, 2.45) is 0 Å². The van der Waals surface area contributed by atoms with Gasteiger partial charge >= 0.3 is 0 Å². The maximum Gasteiger partial charge on any atom is 0.243 e. The van der Waals surface area contributed by atoms with Gasteiger partial charge in [0.1, 0.15) is 5.82 Å². The summed E-state index contributed by atoms with van der Waals surface area (Å²) in [5.41, 5.74) is 0.377. The van der Waals surface area contributed by atoms with Crippen molar-refractivity contribution < 1.29 is 14.0 Å². The minimum Gasteiger partial charge on any atom is -0.347 e. The summed E-state index contributed by atoms with van der Waals surface area (Å²) in [4.78, 5) is 23.2. The number of benzene rings is 1. The first kappa shape index (κ1) is 14.5. The summed E-state index contributed by atoms with van der Waals surface area (Å²) in [6.07, 6.45) is 2.45. The molecule has 1 aromatic rings. The molecule has 1 unspecified atom stereocenters. The highest BCUT2D eigenvalue weighted by atomic mass is 19.1. The van der Waals surface area contributed by atoms with Crippen LogP contribution < -0.4 is 16.0 Å². The molecule has 0 radical (unpaired) electrons. The average molecular weight is 279 g/mol. The summed E-state index contributed by atoms with van der Waals surface area (Å²) >= 11 is 0. The van der Waals surface area contributed by atoms with E-state index in [2.05, 4.69) is 16.0 Å². The molecule has 0 aliphatic carbocycles. The Morgan fingerprint density at radius 2 is 2.20 bits per heavy atom. The van der Waals surface area contributed by atoms with Crippen molar-refractivity contribution in [2.75, 3.05) is 18.4 Å². The van der Waals surface area contributed by atoms with Crippen molar-refractivity contribution in [3.63, 3.8) is 0 Å². The first-order chi connectivity index (χ1) is 9.63. The van der Waals surface area contributed by atoms with Gasteiger partial charge in [-0.2, -0.15) is 0 Å². The minimum atomic E-state index is -0.417. The highest BCUT2D eigenvalue weighted by Crippen LogP contribution is 2.09. The van der Waals surface area contributed by atoms with Crippen LogP contribution in [0.2, 0.25) is 0 Å². The molecule has 3 N–H and O–H groups in total. The van der Waals surface area contributed by atoms with Crippen molar-refractivity contribution in [3.8, 4) is 0 Å². The smallest absolute Gasteiger partial charge is 0.243 e. The lowest BCUT2D eigenvalue weighted by molar-refractivity contribution is -0.124. The summed E-state index contributed by atoms with van der Waals surface area (Å²) in [5, 5.41) is 8.30. The summed E-state index contributed by atoms with van der Waals surface area (Å²) in [6, 6.07) is 5.83. The van der Waals surface area contributed by atoms with Gasteiger partial charge < -0.3 is 16.0 Å². The number of amides is 2. The summed E-state index contributed by atoms with van der Waals surface area (Å²) in [6.45, 7) is 0.833. The molecule has 1 fully saturated rings. The van der Waals surface area contributed by atoms with Crippen LogP contribution in [-0.4, -0.2) is 30.9 Å². The van der Waals surface area contributed by atoms with E-state index in [-0.39, 0.29) is 24.4 Å². The third kappa shape index (κ3) is 4.62. The number of anilines is 1. The maximum absolute atomic E-state index is 12.9. The Kier molecular flexibility index (Phi) is 5.06. The fourth-order valence-electron chi connectivity index (χ4n) is 2.18. The van der Waals surface area contributed by atoms with Gasteiger partial charge in [-0.25, -0.2) is 4.39 Å². The van der Waals surface area contributed by atoms with E-state index in [1.807, 2.05) is 0 Å². The molecule has 1 aromatic carbocycles. The van der Waals surface area contributed by atoms with Gasteiger partial charge in [0.15, 0.2) is 0 Å². The van der Waals surface area contributed by atoms with E-state index in [9.17, 15) is 14.0 Å². The third-order valence-electron chi connectivity index (χ3n) is 3.15. The van der Waals surface area contributed by atoms with Crippen LogP contribution in [0.1, 0.15) is 19.3 Å². The molecule has 6 heteroatoms. The Morgan fingerprint density at radius 1 is 1.35 bits per heavy atom. The summed E-state index contributed by atoms with van der Waals surface area (Å²) in [7, 11) is 0. The number of nitrogens with one attached hydrogen (secondary N) is 3. The van der Waals surface area contributed by atoms with E-state index in [0.717, 1.165) is 19.4 Å². The quantitative estimate of drug-likeness (QED) is 0.753. The second-order valence-corrected chi connectivity index (χ2v) is 4.83. The van der Waals surface area contributed by atoms with Gasteiger partial charge in [-0.1, -0.05) is 6.07 Å². The van der Waals surface area contributed by atoms with Gasteiger partial charge in [-0.05, 0) is 37.6 Å². The number of rotatable bonds is 5. The molecule has 0 saturated carbocycles. The van der Waals surface area contributed by atoms with Crippen LogP contribution in [0.3, 0.4) is 0 Å². The zero-order valence-corrected chi connectivity index (χ0v) is 11.1. The van der Waals surface area contributed by atoms with E-state index in [1.54, 1.807) is 6.07 Å². The van der Waals surface area contributed by atoms with Crippen LogP contribution in [0, 0.1) is 5.82 Å². The summed E-state index contributed by atoms with van der Waals surface area (Å²) in [5.74, 6) is -0.943. The minimum absolute atomic E-state index is 0.109. The van der Waals surface area contributed by atoms with Gasteiger partial charge in [-0.15, -0.1) is 0 Å². The first-order valence-electron chi connectivity index (χ1n) is 6.69. The molecule has 0 aromatic heterocycles. The van der Waals surface area contributed by atoms with Crippen molar-refractivity contribution in [1.29, 1.82) is 0 Å². The van der Waals surface area contributed by atoms with E-state index < -0.39 is 5.82 Å². The number of carbonyl (C=O) groups is 2. The van der Waals surface area contributed by atoms with E-state index in [1.165, 1.54) is 18.2 Å². The van der Waals surface area contributed by atoms with Crippen LogP contribution in [0.5, 0.6) is 0 Å². The Balaban J connectivity index is 1.70. The number of hydrogen-bond donors (Lipinski definition) is 3. The van der Waals surface area contributed by atoms with Crippen LogP contribution in [0.15, 0.2) is 24.3 Å². The van der Waals surface area contributed by atoms with Crippen molar-refractivity contribution in [1.82, 2.24) is 10.6 Å². The molecule has 0 spiro atoms. The van der Waals surface area contributed by atoms with E-state index in [0.29, 0.717) is 12.1 Å². The zero-order valence-electron chi connectivity index (χ0n) is 11.1. The molecule has 1 heterocycles. The molecule has 108 valence electrons. The monoisotopic (exact) mass is 279 g/mol. The van der Waals surface area contributed by atoms with Crippen molar-refractivity contribution >= 4 is 17.5 Å². The molecule has 20 heavy (non-hydrogen) atoms. The third-order valence-corrected chi connectivity index (χ3v) is 3.15. The second-order valence-electron chi connectivity index (χ2n) is 4.83. The molecule has 0 bridgehead atoms. The fraction of sp³-hybridized carbons (Fsp3) is 0.429. The number of halogens is 1. The lowest BCUT2D eigenvalue weighted by Crippen LogP contribution is -2.36. The molecular formula is C14H18FN3O2. The standard InChI is InChI=1S/C14H18FN3O2/c15-10-3-1-4-12(7-10)18-14(20)9-17-13(19)8-11-5-2-6-16-11/h1,3-4,7,11,16H,2,5-6,8-9H2,(H,17,19)(H,18,20). The molecule has 1 saturated heterocycles. The van der Waals surface area contributed by atoms with Crippen LogP contribution in [0.4, 0.5) is 10.1 Å². The molecule has 2 rings (SSSR count). The van der Waals surface area contributed by atoms with Crippen LogP contribution in [0.25, 0.3) is 0 Å². The van der Waals surface area contributed by atoms with Gasteiger partial charge in [0.2, 0.25) is 11.8 Å². The highest BCUT2D eigenvalue weighted by Gasteiger charge is 2.17. The number of carbonyl (C=O) groups excluding carboxylic acids is 2. The topological polar surface area (TPSA) is 70.2 Å².